The standard InChI is InChI=1S/C21H23FN4O.ClH/c22-18-8-4-7-17(13-18)19-14-23-11-12-26(19)15-21-24-20(25-27-21)10-9-16-5-2-1-3-6-16;/h1-8,13,19,23H,9-12,14-15H2;1H. The van der Waals surface area contributed by atoms with Crippen molar-refractivity contribution in [3.8, 4) is 0 Å². The van der Waals surface area contributed by atoms with Gasteiger partial charge in [-0.15, -0.1) is 12.4 Å². The summed E-state index contributed by atoms with van der Waals surface area (Å²) in [6.45, 7) is 3.09. The molecular weight excluding hydrogens is 379 g/mol. The van der Waals surface area contributed by atoms with E-state index in [9.17, 15) is 4.39 Å². The largest absolute Gasteiger partial charge is 0.338 e. The summed E-state index contributed by atoms with van der Waals surface area (Å²) in [6, 6.07) is 17.2. The quantitative estimate of drug-likeness (QED) is 0.683. The Morgan fingerprint density at radius 3 is 2.79 bits per heavy atom. The smallest absolute Gasteiger partial charge is 0.240 e. The van der Waals surface area contributed by atoms with Crippen LogP contribution >= 0.6 is 12.4 Å². The fourth-order valence-corrected chi connectivity index (χ4v) is 3.51. The first-order valence-corrected chi connectivity index (χ1v) is 9.33. The van der Waals surface area contributed by atoms with E-state index in [4.69, 9.17) is 4.52 Å². The molecule has 1 aromatic heterocycles. The maximum absolute atomic E-state index is 13.6. The first-order chi connectivity index (χ1) is 13.3. The van der Waals surface area contributed by atoms with Crippen molar-refractivity contribution >= 4 is 12.4 Å². The van der Waals surface area contributed by atoms with Crippen molar-refractivity contribution in [2.45, 2.75) is 25.4 Å². The third-order valence-electron chi connectivity index (χ3n) is 4.92. The van der Waals surface area contributed by atoms with Gasteiger partial charge in [0.25, 0.3) is 0 Å². The molecule has 0 bridgehead atoms. The first kappa shape index (κ1) is 20.5. The average molecular weight is 403 g/mol. The van der Waals surface area contributed by atoms with Gasteiger partial charge in [-0.2, -0.15) is 4.98 Å². The maximum Gasteiger partial charge on any atom is 0.240 e. The maximum atomic E-state index is 13.6. The number of piperazine rings is 1. The Kier molecular flexibility index (Phi) is 7.14. The zero-order chi connectivity index (χ0) is 18.5. The molecule has 1 saturated heterocycles. The molecule has 4 rings (SSSR count). The molecule has 1 aliphatic heterocycles. The fraction of sp³-hybridized carbons (Fsp3) is 0.333. The highest BCUT2D eigenvalue weighted by Crippen LogP contribution is 2.24. The van der Waals surface area contributed by atoms with E-state index in [-0.39, 0.29) is 24.3 Å². The topological polar surface area (TPSA) is 54.2 Å². The van der Waals surface area contributed by atoms with Crippen LogP contribution in [0.3, 0.4) is 0 Å². The highest BCUT2D eigenvalue weighted by atomic mass is 35.5. The van der Waals surface area contributed by atoms with Crippen LogP contribution in [0.4, 0.5) is 4.39 Å². The van der Waals surface area contributed by atoms with Crippen LogP contribution in [0, 0.1) is 5.82 Å². The second kappa shape index (κ2) is 9.78. The zero-order valence-electron chi connectivity index (χ0n) is 15.6. The molecule has 5 nitrogen and oxygen atoms in total. The normalized spacial score (nSPS) is 17.2. The van der Waals surface area contributed by atoms with Gasteiger partial charge in [0.2, 0.25) is 5.89 Å². The van der Waals surface area contributed by atoms with E-state index in [0.717, 1.165) is 43.9 Å². The van der Waals surface area contributed by atoms with Gasteiger partial charge < -0.3 is 9.84 Å². The lowest BCUT2D eigenvalue weighted by Crippen LogP contribution is -2.45. The first-order valence-electron chi connectivity index (χ1n) is 9.33. The molecule has 1 N–H and O–H groups in total. The van der Waals surface area contributed by atoms with Crippen LogP contribution in [-0.4, -0.2) is 34.7 Å². The van der Waals surface area contributed by atoms with Crippen molar-refractivity contribution in [1.82, 2.24) is 20.4 Å². The third-order valence-corrected chi connectivity index (χ3v) is 4.92. The van der Waals surface area contributed by atoms with E-state index in [1.807, 2.05) is 24.3 Å². The van der Waals surface area contributed by atoms with E-state index in [1.54, 1.807) is 12.1 Å². The zero-order valence-corrected chi connectivity index (χ0v) is 16.4. The number of hydrogen-bond acceptors (Lipinski definition) is 5. The van der Waals surface area contributed by atoms with Crippen LogP contribution < -0.4 is 5.32 Å². The molecular formula is C21H24ClFN4O. The van der Waals surface area contributed by atoms with Crippen molar-refractivity contribution in [3.05, 3.63) is 83.3 Å². The number of nitrogens with one attached hydrogen (secondary N) is 1. The van der Waals surface area contributed by atoms with Crippen LogP contribution in [0.25, 0.3) is 0 Å². The predicted molar refractivity (Wildman–Crippen MR) is 108 cm³/mol. The number of rotatable bonds is 6. The van der Waals surface area contributed by atoms with E-state index in [0.29, 0.717) is 12.4 Å². The molecule has 1 aliphatic rings. The van der Waals surface area contributed by atoms with Crippen LogP contribution in [0.1, 0.15) is 28.9 Å². The van der Waals surface area contributed by atoms with Gasteiger partial charge in [-0.25, -0.2) is 4.39 Å². The second-order valence-electron chi connectivity index (χ2n) is 6.84. The van der Waals surface area contributed by atoms with Crippen LogP contribution in [0.15, 0.2) is 59.1 Å². The lowest BCUT2D eigenvalue weighted by Gasteiger charge is -2.35. The Bertz CT molecular complexity index is 874. The summed E-state index contributed by atoms with van der Waals surface area (Å²) in [6.07, 6.45) is 1.64. The molecule has 1 atom stereocenters. The van der Waals surface area contributed by atoms with Gasteiger partial charge in [-0.3, -0.25) is 4.90 Å². The number of nitrogens with zero attached hydrogens (tertiary/aromatic N) is 3. The molecule has 3 aromatic rings. The molecule has 7 heteroatoms. The number of benzene rings is 2. The van der Waals surface area contributed by atoms with E-state index >= 15 is 0 Å². The SMILES string of the molecule is Cl.Fc1cccc(C2CNCCN2Cc2nc(CCc3ccccc3)no2)c1. The summed E-state index contributed by atoms with van der Waals surface area (Å²) in [5, 5.41) is 7.50. The number of aromatic nitrogens is 2. The van der Waals surface area contributed by atoms with E-state index in [2.05, 4.69) is 32.5 Å². The Morgan fingerprint density at radius 1 is 1.11 bits per heavy atom. The molecule has 2 aromatic carbocycles. The Labute approximate surface area is 170 Å². The van der Waals surface area contributed by atoms with Crippen LogP contribution in [0.2, 0.25) is 0 Å². The van der Waals surface area contributed by atoms with Crippen molar-refractivity contribution in [2.75, 3.05) is 19.6 Å². The molecule has 148 valence electrons. The van der Waals surface area contributed by atoms with E-state index < -0.39 is 0 Å². The minimum absolute atomic E-state index is 0. The van der Waals surface area contributed by atoms with Crippen molar-refractivity contribution in [1.29, 1.82) is 0 Å². The van der Waals surface area contributed by atoms with Crippen LogP contribution in [0.5, 0.6) is 0 Å². The predicted octanol–water partition coefficient (Wildman–Crippen LogP) is 3.56. The van der Waals surface area contributed by atoms with Crippen molar-refractivity contribution in [3.63, 3.8) is 0 Å². The Hall–Kier alpha value is -2.28. The van der Waals surface area contributed by atoms with Crippen LogP contribution in [-0.2, 0) is 19.4 Å². The molecule has 0 spiro atoms. The molecule has 0 amide bonds. The lowest BCUT2D eigenvalue weighted by molar-refractivity contribution is 0.135. The molecule has 0 saturated carbocycles. The highest BCUT2D eigenvalue weighted by Gasteiger charge is 2.25. The molecule has 1 unspecified atom stereocenters. The van der Waals surface area contributed by atoms with Gasteiger partial charge in [0, 0.05) is 32.1 Å². The Balaban J connectivity index is 0.00000225. The van der Waals surface area contributed by atoms with Gasteiger partial charge in [0.1, 0.15) is 5.82 Å². The number of aryl methyl sites for hydroxylation is 2. The Morgan fingerprint density at radius 2 is 1.96 bits per heavy atom. The van der Waals surface area contributed by atoms with E-state index in [1.165, 1.54) is 11.6 Å². The fourth-order valence-electron chi connectivity index (χ4n) is 3.51. The van der Waals surface area contributed by atoms with Crippen molar-refractivity contribution < 1.29 is 8.91 Å². The summed E-state index contributed by atoms with van der Waals surface area (Å²) >= 11 is 0. The molecule has 0 radical (unpaired) electrons. The molecule has 1 fully saturated rings. The third kappa shape index (κ3) is 5.16. The molecule has 2 heterocycles. The minimum Gasteiger partial charge on any atom is -0.338 e. The van der Waals surface area contributed by atoms with Gasteiger partial charge in [0.15, 0.2) is 5.82 Å². The monoisotopic (exact) mass is 402 g/mol. The van der Waals surface area contributed by atoms with Gasteiger partial charge in [0.05, 0.1) is 6.54 Å². The lowest BCUT2D eigenvalue weighted by atomic mass is 10.0. The van der Waals surface area contributed by atoms with Crippen molar-refractivity contribution in [2.24, 2.45) is 0 Å². The highest BCUT2D eigenvalue weighted by molar-refractivity contribution is 5.85. The van der Waals surface area contributed by atoms with Gasteiger partial charge in [-0.05, 0) is 29.7 Å². The summed E-state index contributed by atoms with van der Waals surface area (Å²) in [5.41, 5.74) is 2.23. The summed E-state index contributed by atoms with van der Waals surface area (Å²) in [4.78, 5) is 6.81. The summed E-state index contributed by atoms with van der Waals surface area (Å²) in [7, 11) is 0. The van der Waals surface area contributed by atoms with Gasteiger partial charge in [-0.1, -0.05) is 47.6 Å². The minimum atomic E-state index is -0.209. The summed E-state index contributed by atoms with van der Waals surface area (Å²) < 4.78 is 19.1. The molecule has 0 aliphatic carbocycles. The number of halogens is 2. The molecule has 28 heavy (non-hydrogen) atoms. The average Bonchev–Trinajstić information content (AvgIpc) is 3.15. The number of hydrogen-bond donors (Lipinski definition) is 1. The van der Waals surface area contributed by atoms with Gasteiger partial charge >= 0.3 is 0 Å². The summed E-state index contributed by atoms with van der Waals surface area (Å²) in [5.74, 6) is 1.13. The second-order valence-corrected chi connectivity index (χ2v) is 6.84.